The molecule has 1 heteroatoms. The molecule has 1 rings (SSSR count). The van der Waals surface area contributed by atoms with Crippen LogP contribution in [0.4, 0.5) is 0 Å². The van der Waals surface area contributed by atoms with Crippen molar-refractivity contribution in [3.8, 4) is 0 Å². The van der Waals surface area contributed by atoms with Crippen molar-refractivity contribution in [3.05, 3.63) is 40.0 Å². The third kappa shape index (κ3) is 1.82. The summed E-state index contributed by atoms with van der Waals surface area (Å²) in [4.78, 5) is 0. The molecule has 0 saturated heterocycles. The standard InChI is InChI=1S/C8H6I/c1-2-7-3-5-8(9)6-4-7/h1-6H. The maximum atomic E-state index is 5.27. The smallest absolute Gasteiger partial charge is 0.0130 e. The second-order valence-electron chi connectivity index (χ2n) is 1.72. The lowest BCUT2D eigenvalue weighted by Gasteiger charge is -1.90. The number of hydrogen-bond acceptors (Lipinski definition) is 0. The fourth-order valence-electron chi connectivity index (χ4n) is 0.574. The molecular formula is C8H6I. The number of hydrogen-bond donors (Lipinski definition) is 0. The van der Waals surface area contributed by atoms with Crippen LogP contribution in [0.25, 0.3) is 6.08 Å². The van der Waals surface area contributed by atoms with E-state index >= 15 is 0 Å². The number of benzene rings is 1. The van der Waals surface area contributed by atoms with Crippen molar-refractivity contribution in [2.75, 3.05) is 0 Å². The molecule has 1 aromatic carbocycles. The molecule has 1 radical (unpaired) electrons. The highest BCUT2D eigenvalue weighted by molar-refractivity contribution is 14.1. The Morgan fingerprint density at radius 2 is 1.78 bits per heavy atom. The lowest BCUT2D eigenvalue weighted by atomic mass is 10.2. The van der Waals surface area contributed by atoms with Crippen molar-refractivity contribution in [3.63, 3.8) is 0 Å². The van der Waals surface area contributed by atoms with Gasteiger partial charge >= 0.3 is 0 Å². The van der Waals surface area contributed by atoms with E-state index in [-0.39, 0.29) is 0 Å². The highest BCUT2D eigenvalue weighted by Gasteiger charge is 1.83. The largest absolute Gasteiger partial charge is 0.0617 e. The van der Waals surface area contributed by atoms with E-state index in [2.05, 4.69) is 22.6 Å². The van der Waals surface area contributed by atoms with E-state index in [1.807, 2.05) is 24.3 Å². The second-order valence-corrected chi connectivity index (χ2v) is 2.96. The molecule has 0 heterocycles. The van der Waals surface area contributed by atoms with Crippen LogP contribution >= 0.6 is 22.6 Å². The van der Waals surface area contributed by atoms with Gasteiger partial charge in [-0.2, -0.15) is 0 Å². The predicted molar refractivity (Wildman–Crippen MR) is 47.9 cm³/mol. The molecule has 1 aromatic rings. The molecule has 0 aliphatic rings. The van der Waals surface area contributed by atoms with Gasteiger partial charge in [-0.05, 0) is 40.3 Å². The summed E-state index contributed by atoms with van der Waals surface area (Å²) in [5.41, 5.74) is 1.07. The third-order valence-corrected chi connectivity index (χ3v) is 1.78. The predicted octanol–water partition coefficient (Wildman–Crippen LogP) is 2.74. The van der Waals surface area contributed by atoms with Crippen LogP contribution in [0.5, 0.6) is 0 Å². The highest BCUT2D eigenvalue weighted by Crippen LogP contribution is 2.06. The van der Waals surface area contributed by atoms with Gasteiger partial charge in [0.05, 0.1) is 0 Å². The number of halogens is 1. The van der Waals surface area contributed by atoms with Crippen LogP contribution in [-0.4, -0.2) is 0 Å². The van der Waals surface area contributed by atoms with E-state index in [9.17, 15) is 0 Å². The molecule has 0 aliphatic heterocycles. The van der Waals surface area contributed by atoms with Gasteiger partial charge in [0.1, 0.15) is 0 Å². The van der Waals surface area contributed by atoms with Gasteiger partial charge in [0.15, 0.2) is 0 Å². The summed E-state index contributed by atoms with van der Waals surface area (Å²) in [6.45, 7) is 5.27. The van der Waals surface area contributed by atoms with Gasteiger partial charge in [-0.1, -0.05) is 24.8 Å². The zero-order chi connectivity index (χ0) is 6.69. The molecule has 0 aromatic heterocycles. The maximum Gasteiger partial charge on any atom is 0.0130 e. The first-order valence-electron chi connectivity index (χ1n) is 2.63. The third-order valence-electron chi connectivity index (χ3n) is 1.06. The Morgan fingerprint density at radius 1 is 1.22 bits per heavy atom. The van der Waals surface area contributed by atoms with Crippen molar-refractivity contribution in [1.82, 2.24) is 0 Å². The van der Waals surface area contributed by atoms with Gasteiger partial charge in [0.2, 0.25) is 0 Å². The molecule has 0 saturated carbocycles. The van der Waals surface area contributed by atoms with Crippen LogP contribution in [-0.2, 0) is 0 Å². The molecule has 0 spiro atoms. The second kappa shape index (κ2) is 3.01. The van der Waals surface area contributed by atoms with Crippen LogP contribution in [0, 0.1) is 10.1 Å². The normalized spacial score (nSPS) is 9.00. The Bertz CT molecular complexity index is 198. The Hall–Kier alpha value is -0.310. The molecule has 9 heavy (non-hydrogen) atoms. The summed E-state index contributed by atoms with van der Waals surface area (Å²) >= 11 is 2.26. The van der Waals surface area contributed by atoms with Gasteiger partial charge in [0, 0.05) is 3.57 Å². The summed E-state index contributed by atoms with van der Waals surface area (Å²) in [5.74, 6) is 0. The van der Waals surface area contributed by atoms with Crippen molar-refractivity contribution >= 4 is 28.7 Å². The lowest BCUT2D eigenvalue weighted by Crippen LogP contribution is -1.70. The Balaban J connectivity index is 3.01. The highest BCUT2D eigenvalue weighted by atomic mass is 127. The van der Waals surface area contributed by atoms with E-state index in [4.69, 9.17) is 6.58 Å². The fraction of sp³-hybridized carbons (Fsp3) is 0. The quantitative estimate of drug-likeness (QED) is 0.649. The molecular weight excluding hydrogens is 223 g/mol. The maximum absolute atomic E-state index is 5.27. The number of rotatable bonds is 1. The molecule has 0 bridgehead atoms. The SMILES string of the molecule is [CH]=Cc1ccc(I)cc1. The fourth-order valence-corrected chi connectivity index (χ4v) is 0.933. The van der Waals surface area contributed by atoms with E-state index in [0.29, 0.717) is 0 Å². The topological polar surface area (TPSA) is 0 Å². The molecule has 0 fully saturated rings. The first-order chi connectivity index (χ1) is 4.33. The monoisotopic (exact) mass is 229 g/mol. The summed E-state index contributed by atoms with van der Waals surface area (Å²) in [6.07, 6.45) is 1.59. The van der Waals surface area contributed by atoms with E-state index in [0.717, 1.165) is 5.56 Å². The molecule has 0 nitrogen and oxygen atoms in total. The van der Waals surface area contributed by atoms with Crippen LogP contribution in [0.2, 0.25) is 0 Å². The minimum absolute atomic E-state index is 1.07. The van der Waals surface area contributed by atoms with Crippen LogP contribution in [0.15, 0.2) is 24.3 Å². The average Bonchev–Trinajstić information content (AvgIpc) is 1.90. The first-order valence-corrected chi connectivity index (χ1v) is 3.71. The minimum Gasteiger partial charge on any atom is -0.0617 e. The summed E-state index contributed by atoms with van der Waals surface area (Å²) in [6, 6.07) is 8.03. The molecule has 0 amide bonds. The van der Waals surface area contributed by atoms with Gasteiger partial charge in [0.25, 0.3) is 0 Å². The average molecular weight is 229 g/mol. The molecule has 0 unspecified atom stereocenters. The van der Waals surface area contributed by atoms with Gasteiger partial charge < -0.3 is 0 Å². The summed E-state index contributed by atoms with van der Waals surface area (Å²) in [7, 11) is 0. The first kappa shape index (κ1) is 6.81. The molecule has 0 N–H and O–H groups in total. The van der Waals surface area contributed by atoms with E-state index in [1.54, 1.807) is 6.08 Å². The Kier molecular flexibility index (Phi) is 2.28. The zero-order valence-electron chi connectivity index (χ0n) is 4.84. The van der Waals surface area contributed by atoms with Gasteiger partial charge in [-0.3, -0.25) is 0 Å². The summed E-state index contributed by atoms with van der Waals surface area (Å²) < 4.78 is 1.23. The van der Waals surface area contributed by atoms with Crippen LogP contribution < -0.4 is 0 Å². The Labute approximate surface area is 68.7 Å². The van der Waals surface area contributed by atoms with Crippen molar-refractivity contribution < 1.29 is 0 Å². The van der Waals surface area contributed by atoms with E-state index < -0.39 is 0 Å². The van der Waals surface area contributed by atoms with Crippen LogP contribution in [0.3, 0.4) is 0 Å². The zero-order valence-corrected chi connectivity index (χ0v) is 7.00. The van der Waals surface area contributed by atoms with Gasteiger partial charge in [-0.25, -0.2) is 0 Å². The van der Waals surface area contributed by atoms with Gasteiger partial charge in [-0.15, -0.1) is 0 Å². The minimum atomic E-state index is 1.07. The van der Waals surface area contributed by atoms with Crippen LogP contribution in [0.1, 0.15) is 5.56 Å². The van der Waals surface area contributed by atoms with Crippen molar-refractivity contribution in [1.29, 1.82) is 0 Å². The van der Waals surface area contributed by atoms with E-state index in [1.165, 1.54) is 3.57 Å². The van der Waals surface area contributed by atoms with Crippen molar-refractivity contribution in [2.24, 2.45) is 0 Å². The lowest BCUT2D eigenvalue weighted by molar-refractivity contribution is 1.61. The Morgan fingerprint density at radius 3 is 2.22 bits per heavy atom. The summed E-state index contributed by atoms with van der Waals surface area (Å²) in [5, 5.41) is 0. The molecule has 0 atom stereocenters. The van der Waals surface area contributed by atoms with Crippen molar-refractivity contribution in [2.45, 2.75) is 0 Å². The molecule has 0 aliphatic carbocycles. The molecule has 45 valence electrons.